The molecule has 0 radical (unpaired) electrons. The molecule has 1 heterocycles. The van der Waals surface area contributed by atoms with E-state index in [0.29, 0.717) is 30.3 Å². The Morgan fingerprint density at radius 3 is 2.84 bits per heavy atom. The van der Waals surface area contributed by atoms with Gasteiger partial charge in [0.1, 0.15) is 4.88 Å². The van der Waals surface area contributed by atoms with Gasteiger partial charge < -0.3 is 15.4 Å². The summed E-state index contributed by atoms with van der Waals surface area (Å²) in [6.07, 6.45) is 0. The Kier molecular flexibility index (Phi) is 4.39. The maximum atomic E-state index is 12.3. The Hall–Kier alpha value is -1.59. The quantitative estimate of drug-likeness (QED) is 0.855. The molecule has 0 saturated carbocycles. The van der Waals surface area contributed by atoms with Gasteiger partial charge in [0.05, 0.1) is 12.3 Å². The molecule has 0 atom stereocenters. The summed E-state index contributed by atoms with van der Waals surface area (Å²) in [5.41, 5.74) is 6.64. The third-order valence-corrected chi connectivity index (χ3v) is 4.12. The summed E-state index contributed by atoms with van der Waals surface area (Å²) in [5, 5.41) is 0.953. The topological polar surface area (TPSA) is 55.6 Å². The Bertz CT molecular complexity index is 580. The molecule has 2 aromatic rings. The normalized spacial score (nSPS) is 10.8. The van der Waals surface area contributed by atoms with Crippen LogP contribution in [0.25, 0.3) is 10.1 Å². The molecule has 0 unspecified atom stereocenters. The molecule has 1 aromatic heterocycles. The molecule has 19 heavy (non-hydrogen) atoms. The van der Waals surface area contributed by atoms with Gasteiger partial charge in [-0.3, -0.25) is 4.79 Å². The van der Waals surface area contributed by atoms with E-state index in [1.807, 2.05) is 31.2 Å². The summed E-state index contributed by atoms with van der Waals surface area (Å²) in [4.78, 5) is 14.6. The fraction of sp³-hybridized carbons (Fsp3) is 0.357. The number of anilines is 1. The van der Waals surface area contributed by atoms with Gasteiger partial charge in [-0.1, -0.05) is 18.2 Å². The van der Waals surface area contributed by atoms with E-state index in [0.717, 1.165) is 10.1 Å². The van der Waals surface area contributed by atoms with Crippen molar-refractivity contribution in [3.8, 4) is 0 Å². The zero-order chi connectivity index (χ0) is 13.8. The summed E-state index contributed by atoms with van der Waals surface area (Å²) in [6, 6.07) is 7.80. The maximum absolute atomic E-state index is 12.3. The highest BCUT2D eigenvalue weighted by molar-refractivity contribution is 7.21. The zero-order valence-electron chi connectivity index (χ0n) is 11.2. The molecular formula is C14H18N2O2S. The van der Waals surface area contributed by atoms with Crippen LogP contribution in [-0.4, -0.2) is 37.6 Å². The third kappa shape index (κ3) is 2.88. The minimum absolute atomic E-state index is 0.0431. The Balaban J connectivity index is 2.19. The minimum Gasteiger partial charge on any atom is -0.397 e. The number of hydrogen-bond acceptors (Lipinski definition) is 4. The van der Waals surface area contributed by atoms with Gasteiger partial charge in [-0.15, -0.1) is 11.3 Å². The molecule has 5 heteroatoms. The molecule has 0 fully saturated rings. The van der Waals surface area contributed by atoms with Gasteiger partial charge in [-0.05, 0) is 13.0 Å². The molecule has 0 aliphatic heterocycles. The van der Waals surface area contributed by atoms with E-state index in [-0.39, 0.29) is 5.91 Å². The van der Waals surface area contributed by atoms with Crippen molar-refractivity contribution in [1.82, 2.24) is 4.90 Å². The second-order valence-electron chi connectivity index (χ2n) is 4.26. The van der Waals surface area contributed by atoms with Gasteiger partial charge >= 0.3 is 0 Å². The van der Waals surface area contributed by atoms with Crippen molar-refractivity contribution in [2.24, 2.45) is 0 Å². The molecule has 102 valence electrons. The second-order valence-corrected chi connectivity index (χ2v) is 5.32. The summed E-state index contributed by atoms with van der Waals surface area (Å²) >= 11 is 1.44. The highest BCUT2D eigenvalue weighted by atomic mass is 32.1. The van der Waals surface area contributed by atoms with E-state index < -0.39 is 0 Å². The standard InChI is InChI=1S/C14H18N2O2S/c1-3-18-9-8-16(2)14(17)13-12(15)10-6-4-5-7-11(10)19-13/h4-7H,3,8-9,15H2,1-2H3. The van der Waals surface area contributed by atoms with Crippen molar-refractivity contribution >= 4 is 33.0 Å². The molecule has 0 spiro atoms. The third-order valence-electron chi connectivity index (χ3n) is 2.95. The monoisotopic (exact) mass is 278 g/mol. The molecule has 0 aliphatic rings. The van der Waals surface area contributed by atoms with Crippen LogP contribution in [-0.2, 0) is 4.74 Å². The number of nitrogens with two attached hydrogens (primary N) is 1. The van der Waals surface area contributed by atoms with Gasteiger partial charge in [0.2, 0.25) is 0 Å². The first kappa shape index (κ1) is 13.8. The van der Waals surface area contributed by atoms with Crippen molar-refractivity contribution in [3.63, 3.8) is 0 Å². The summed E-state index contributed by atoms with van der Waals surface area (Å²) in [6.45, 7) is 3.71. The number of ether oxygens (including phenoxy) is 1. The predicted octanol–water partition coefficient (Wildman–Crippen LogP) is 2.59. The highest BCUT2D eigenvalue weighted by Gasteiger charge is 2.19. The predicted molar refractivity (Wildman–Crippen MR) is 79.7 cm³/mol. The number of carbonyl (C=O) groups excluding carboxylic acids is 1. The van der Waals surface area contributed by atoms with Crippen LogP contribution in [0.4, 0.5) is 5.69 Å². The first-order chi connectivity index (χ1) is 9.15. The summed E-state index contributed by atoms with van der Waals surface area (Å²) < 4.78 is 6.30. The number of rotatable bonds is 5. The number of nitrogens with zero attached hydrogens (tertiary/aromatic N) is 1. The van der Waals surface area contributed by atoms with Gasteiger partial charge in [0, 0.05) is 30.3 Å². The number of nitrogen functional groups attached to an aromatic ring is 1. The number of fused-ring (bicyclic) bond motifs is 1. The lowest BCUT2D eigenvalue weighted by atomic mass is 10.2. The molecule has 0 saturated heterocycles. The summed E-state index contributed by atoms with van der Waals surface area (Å²) in [5.74, 6) is -0.0431. The SMILES string of the molecule is CCOCCN(C)C(=O)c1sc2ccccc2c1N. The zero-order valence-corrected chi connectivity index (χ0v) is 12.0. The molecule has 2 rings (SSSR count). The fourth-order valence-electron chi connectivity index (χ4n) is 1.84. The van der Waals surface area contributed by atoms with Crippen molar-refractivity contribution in [1.29, 1.82) is 0 Å². The van der Waals surface area contributed by atoms with Gasteiger partial charge in [-0.2, -0.15) is 0 Å². The lowest BCUT2D eigenvalue weighted by Crippen LogP contribution is -2.30. The van der Waals surface area contributed by atoms with Gasteiger partial charge in [-0.25, -0.2) is 0 Å². The maximum Gasteiger partial charge on any atom is 0.265 e. The van der Waals surface area contributed by atoms with Crippen LogP contribution >= 0.6 is 11.3 Å². The van der Waals surface area contributed by atoms with E-state index in [2.05, 4.69) is 0 Å². The van der Waals surface area contributed by atoms with Crippen molar-refractivity contribution < 1.29 is 9.53 Å². The number of benzene rings is 1. The number of carbonyl (C=O) groups is 1. The lowest BCUT2D eigenvalue weighted by molar-refractivity contribution is 0.0715. The van der Waals surface area contributed by atoms with Crippen LogP contribution in [0.5, 0.6) is 0 Å². The Morgan fingerprint density at radius 2 is 2.16 bits per heavy atom. The largest absolute Gasteiger partial charge is 0.397 e. The Labute approximate surface area is 116 Å². The number of thiophene rings is 1. The lowest BCUT2D eigenvalue weighted by Gasteiger charge is -2.16. The molecular weight excluding hydrogens is 260 g/mol. The first-order valence-electron chi connectivity index (χ1n) is 6.25. The second kappa shape index (κ2) is 6.04. The Morgan fingerprint density at radius 1 is 1.42 bits per heavy atom. The molecule has 4 nitrogen and oxygen atoms in total. The van der Waals surface area contributed by atoms with Crippen LogP contribution in [0, 0.1) is 0 Å². The molecule has 1 amide bonds. The van der Waals surface area contributed by atoms with Crippen molar-refractivity contribution in [2.75, 3.05) is 32.5 Å². The highest BCUT2D eigenvalue weighted by Crippen LogP contribution is 2.33. The molecule has 1 aromatic carbocycles. The van der Waals surface area contributed by atoms with Gasteiger partial charge in [0.15, 0.2) is 0 Å². The van der Waals surface area contributed by atoms with Crippen molar-refractivity contribution in [2.45, 2.75) is 6.92 Å². The van der Waals surface area contributed by atoms with E-state index in [1.54, 1.807) is 11.9 Å². The van der Waals surface area contributed by atoms with Crippen LogP contribution in [0.1, 0.15) is 16.6 Å². The molecule has 0 aliphatic carbocycles. The average molecular weight is 278 g/mol. The van der Waals surface area contributed by atoms with Crippen LogP contribution in [0.2, 0.25) is 0 Å². The molecule has 2 N–H and O–H groups in total. The van der Waals surface area contributed by atoms with Crippen LogP contribution in [0.3, 0.4) is 0 Å². The average Bonchev–Trinajstić information content (AvgIpc) is 2.76. The minimum atomic E-state index is -0.0431. The van der Waals surface area contributed by atoms with E-state index in [4.69, 9.17) is 10.5 Å². The van der Waals surface area contributed by atoms with E-state index in [9.17, 15) is 4.79 Å². The molecule has 0 bridgehead atoms. The first-order valence-corrected chi connectivity index (χ1v) is 7.07. The fourth-order valence-corrected chi connectivity index (χ4v) is 2.96. The smallest absolute Gasteiger partial charge is 0.265 e. The van der Waals surface area contributed by atoms with Crippen LogP contribution in [0.15, 0.2) is 24.3 Å². The number of amides is 1. The van der Waals surface area contributed by atoms with Gasteiger partial charge in [0.25, 0.3) is 5.91 Å². The van der Waals surface area contributed by atoms with E-state index >= 15 is 0 Å². The number of hydrogen-bond donors (Lipinski definition) is 1. The van der Waals surface area contributed by atoms with Crippen LogP contribution < -0.4 is 5.73 Å². The summed E-state index contributed by atoms with van der Waals surface area (Å²) in [7, 11) is 1.77. The van der Waals surface area contributed by atoms with E-state index in [1.165, 1.54) is 11.3 Å². The van der Waals surface area contributed by atoms with Crippen molar-refractivity contribution in [3.05, 3.63) is 29.1 Å². The number of likely N-dealkylation sites (N-methyl/N-ethyl adjacent to an activating group) is 1.